The molecule has 1 aliphatic rings. The number of carbonyl (C=O) groups is 1. The van der Waals surface area contributed by atoms with Crippen LogP contribution in [-0.2, 0) is 16.6 Å². The minimum absolute atomic E-state index is 0.00855. The van der Waals surface area contributed by atoms with Crippen molar-refractivity contribution in [2.24, 2.45) is 0 Å². The highest BCUT2D eigenvalue weighted by molar-refractivity contribution is 7.89. The number of amides is 1. The van der Waals surface area contributed by atoms with Crippen molar-refractivity contribution < 1.29 is 13.2 Å². The average Bonchev–Trinajstić information content (AvgIpc) is 3.17. The van der Waals surface area contributed by atoms with E-state index in [1.165, 1.54) is 16.4 Å². The molecule has 10 heteroatoms. The molecule has 1 aromatic heterocycles. The molecule has 1 saturated heterocycles. The van der Waals surface area contributed by atoms with E-state index in [1.807, 2.05) is 19.9 Å². The van der Waals surface area contributed by atoms with Crippen molar-refractivity contribution in [1.82, 2.24) is 19.4 Å². The SMILES string of the molecule is CCn1nccc1C(C)NC(=O)c1cc(S(=O)(=O)N2CCCCC2)c(Cl)cc1Cl. The highest BCUT2D eigenvalue weighted by Gasteiger charge is 2.30. The Balaban J connectivity index is 1.89. The largest absolute Gasteiger partial charge is 0.344 e. The van der Waals surface area contributed by atoms with Crippen LogP contribution >= 0.6 is 23.2 Å². The second kappa shape index (κ2) is 9.04. The van der Waals surface area contributed by atoms with Crippen molar-refractivity contribution in [1.29, 1.82) is 0 Å². The lowest BCUT2D eigenvalue weighted by Crippen LogP contribution is -2.36. The van der Waals surface area contributed by atoms with Gasteiger partial charge in [-0.1, -0.05) is 29.6 Å². The number of aromatic nitrogens is 2. The molecule has 0 aliphatic carbocycles. The zero-order valence-corrected chi connectivity index (χ0v) is 18.7. The summed E-state index contributed by atoms with van der Waals surface area (Å²) in [7, 11) is -3.80. The van der Waals surface area contributed by atoms with Gasteiger partial charge in [0.25, 0.3) is 5.91 Å². The fourth-order valence-electron chi connectivity index (χ4n) is 3.47. The summed E-state index contributed by atoms with van der Waals surface area (Å²) in [6, 6.07) is 4.08. The van der Waals surface area contributed by atoms with E-state index < -0.39 is 15.9 Å². The van der Waals surface area contributed by atoms with Gasteiger partial charge in [-0.2, -0.15) is 9.40 Å². The van der Waals surface area contributed by atoms with Gasteiger partial charge in [-0.15, -0.1) is 0 Å². The van der Waals surface area contributed by atoms with Crippen molar-refractivity contribution in [2.45, 2.75) is 50.6 Å². The van der Waals surface area contributed by atoms with Gasteiger partial charge in [0.15, 0.2) is 0 Å². The number of nitrogens with one attached hydrogen (secondary N) is 1. The zero-order chi connectivity index (χ0) is 21.2. The standard InChI is InChI=1S/C19H24Cl2N4O3S/c1-3-25-17(7-8-22-25)13(2)23-19(26)14-11-18(16(21)12-15(14)20)29(27,28)24-9-5-4-6-10-24/h7-8,11-13H,3-6,9-10H2,1-2H3,(H,23,26). The fraction of sp³-hybridized carbons (Fsp3) is 0.474. The van der Waals surface area contributed by atoms with Gasteiger partial charge in [-0.05, 0) is 44.9 Å². The molecule has 2 aromatic rings. The first-order valence-corrected chi connectivity index (χ1v) is 11.8. The number of nitrogens with zero attached hydrogens (tertiary/aromatic N) is 3. The Labute approximate surface area is 181 Å². The average molecular weight is 459 g/mol. The second-order valence-electron chi connectivity index (χ2n) is 6.99. The Morgan fingerprint density at radius 2 is 1.90 bits per heavy atom. The number of hydrogen-bond donors (Lipinski definition) is 1. The van der Waals surface area contributed by atoms with Crippen LogP contribution in [0.1, 0.15) is 55.2 Å². The molecule has 1 unspecified atom stereocenters. The molecular formula is C19H24Cl2N4O3S. The lowest BCUT2D eigenvalue weighted by Gasteiger charge is -2.26. The third-order valence-corrected chi connectivity index (χ3v) is 7.72. The molecule has 1 N–H and O–H groups in total. The number of carbonyl (C=O) groups excluding carboxylic acids is 1. The summed E-state index contributed by atoms with van der Waals surface area (Å²) >= 11 is 12.4. The smallest absolute Gasteiger partial charge is 0.253 e. The van der Waals surface area contributed by atoms with Crippen LogP contribution in [0.4, 0.5) is 0 Å². The van der Waals surface area contributed by atoms with Crippen molar-refractivity contribution in [3.63, 3.8) is 0 Å². The van der Waals surface area contributed by atoms with Crippen LogP contribution in [0, 0.1) is 0 Å². The summed E-state index contributed by atoms with van der Waals surface area (Å²) in [5.74, 6) is -0.474. The summed E-state index contributed by atoms with van der Waals surface area (Å²) in [6.45, 7) is 5.35. The molecule has 1 aromatic carbocycles. The maximum atomic E-state index is 13.0. The van der Waals surface area contributed by atoms with Gasteiger partial charge in [0.1, 0.15) is 4.90 Å². The van der Waals surface area contributed by atoms with Gasteiger partial charge in [-0.25, -0.2) is 8.42 Å². The van der Waals surface area contributed by atoms with E-state index in [-0.39, 0.29) is 26.5 Å². The monoisotopic (exact) mass is 458 g/mol. The van der Waals surface area contributed by atoms with E-state index in [9.17, 15) is 13.2 Å². The minimum atomic E-state index is -3.80. The third-order valence-electron chi connectivity index (χ3n) is 5.04. The van der Waals surface area contributed by atoms with Gasteiger partial charge < -0.3 is 5.32 Å². The molecule has 2 heterocycles. The molecule has 7 nitrogen and oxygen atoms in total. The fourth-order valence-corrected chi connectivity index (χ4v) is 5.82. The van der Waals surface area contributed by atoms with Crippen LogP contribution < -0.4 is 5.32 Å². The predicted molar refractivity (Wildman–Crippen MR) is 113 cm³/mol. The number of hydrogen-bond acceptors (Lipinski definition) is 4. The summed E-state index contributed by atoms with van der Waals surface area (Å²) in [5, 5.41) is 7.16. The van der Waals surface area contributed by atoms with Crippen LogP contribution in [0.3, 0.4) is 0 Å². The van der Waals surface area contributed by atoms with Crippen LogP contribution in [0.15, 0.2) is 29.3 Å². The highest BCUT2D eigenvalue weighted by Crippen LogP contribution is 2.32. The van der Waals surface area contributed by atoms with Gasteiger partial charge in [-0.3, -0.25) is 9.48 Å². The van der Waals surface area contributed by atoms with Crippen molar-refractivity contribution >= 4 is 39.1 Å². The quantitative estimate of drug-likeness (QED) is 0.711. The van der Waals surface area contributed by atoms with Crippen molar-refractivity contribution in [2.75, 3.05) is 13.1 Å². The van der Waals surface area contributed by atoms with Crippen molar-refractivity contribution in [3.05, 3.63) is 45.7 Å². The molecule has 29 heavy (non-hydrogen) atoms. The molecule has 3 rings (SSSR count). The minimum Gasteiger partial charge on any atom is -0.344 e. The zero-order valence-electron chi connectivity index (χ0n) is 16.4. The van der Waals surface area contributed by atoms with Crippen LogP contribution in [0.2, 0.25) is 10.0 Å². The van der Waals surface area contributed by atoms with Gasteiger partial charge in [0, 0.05) is 25.8 Å². The number of rotatable bonds is 6. The van der Waals surface area contributed by atoms with E-state index in [0.717, 1.165) is 25.0 Å². The molecule has 158 valence electrons. The Morgan fingerprint density at radius 3 is 2.55 bits per heavy atom. The Morgan fingerprint density at radius 1 is 1.21 bits per heavy atom. The number of halogens is 2. The van der Waals surface area contributed by atoms with Crippen LogP contribution in [-0.4, -0.2) is 41.5 Å². The summed E-state index contributed by atoms with van der Waals surface area (Å²) in [4.78, 5) is 12.8. The van der Waals surface area contributed by atoms with E-state index in [1.54, 1.807) is 10.9 Å². The maximum Gasteiger partial charge on any atom is 0.253 e. The summed E-state index contributed by atoms with van der Waals surface area (Å²) < 4.78 is 29.3. The molecule has 1 atom stereocenters. The topological polar surface area (TPSA) is 84.3 Å². The lowest BCUT2D eigenvalue weighted by atomic mass is 10.1. The van der Waals surface area contributed by atoms with E-state index in [4.69, 9.17) is 23.2 Å². The third kappa shape index (κ3) is 4.60. The maximum absolute atomic E-state index is 13.0. The van der Waals surface area contributed by atoms with Crippen LogP contribution in [0.25, 0.3) is 0 Å². The van der Waals surface area contributed by atoms with Crippen LogP contribution in [0.5, 0.6) is 0 Å². The predicted octanol–water partition coefficient (Wildman–Crippen LogP) is 3.88. The molecular weight excluding hydrogens is 435 g/mol. The number of aryl methyl sites for hydroxylation is 1. The first-order valence-electron chi connectivity index (χ1n) is 9.57. The molecule has 1 amide bonds. The second-order valence-corrected chi connectivity index (χ2v) is 9.71. The Hall–Kier alpha value is -1.61. The molecule has 0 radical (unpaired) electrons. The van der Waals surface area contributed by atoms with E-state index in [0.29, 0.717) is 19.6 Å². The van der Waals surface area contributed by atoms with Gasteiger partial charge in [0.05, 0.1) is 27.3 Å². The molecule has 1 fully saturated rings. The van der Waals surface area contributed by atoms with Gasteiger partial charge >= 0.3 is 0 Å². The lowest BCUT2D eigenvalue weighted by molar-refractivity contribution is 0.0938. The Kier molecular flexibility index (Phi) is 6.88. The normalized spacial score (nSPS) is 16.6. The van der Waals surface area contributed by atoms with E-state index in [2.05, 4.69) is 10.4 Å². The molecule has 0 saturated carbocycles. The van der Waals surface area contributed by atoms with E-state index >= 15 is 0 Å². The highest BCUT2D eigenvalue weighted by atomic mass is 35.5. The molecule has 0 spiro atoms. The summed E-state index contributed by atoms with van der Waals surface area (Å²) in [5.41, 5.74) is 0.910. The molecule has 1 aliphatic heterocycles. The number of sulfonamides is 1. The van der Waals surface area contributed by atoms with Crippen molar-refractivity contribution in [3.8, 4) is 0 Å². The Bertz CT molecular complexity index is 1000. The summed E-state index contributed by atoms with van der Waals surface area (Å²) in [6.07, 6.45) is 4.28. The number of benzene rings is 1. The number of piperidine rings is 1. The molecule has 0 bridgehead atoms. The first-order chi connectivity index (χ1) is 13.8. The first kappa shape index (κ1) is 22.1. The van der Waals surface area contributed by atoms with Gasteiger partial charge in [0.2, 0.25) is 10.0 Å².